The van der Waals surface area contributed by atoms with E-state index in [1.165, 1.54) is 0 Å². The van der Waals surface area contributed by atoms with Gasteiger partial charge in [-0.3, -0.25) is 4.79 Å². The summed E-state index contributed by atoms with van der Waals surface area (Å²) in [4.78, 5) is 20.9. The number of hydrogen-bond acceptors (Lipinski definition) is 5. The number of aliphatic carboxylic acids is 1. The van der Waals surface area contributed by atoms with E-state index in [1.807, 2.05) is 0 Å². The van der Waals surface area contributed by atoms with Crippen LogP contribution in [0.5, 0.6) is 0 Å². The van der Waals surface area contributed by atoms with Crippen molar-refractivity contribution in [3.8, 4) is 0 Å². The van der Waals surface area contributed by atoms with E-state index >= 15 is 0 Å². The number of ketones is 1. The molecule has 0 aromatic carbocycles. The van der Waals surface area contributed by atoms with Crippen LogP contribution in [0.15, 0.2) is 0 Å². The van der Waals surface area contributed by atoms with Crippen molar-refractivity contribution in [2.75, 3.05) is 0 Å². The number of aliphatic hydroxyl groups is 2. The topological polar surface area (TPSA) is 161 Å². The molecular formula is C6H15NO6. The summed E-state index contributed by atoms with van der Waals surface area (Å²) in [6.07, 6.45) is -1.47. The van der Waals surface area contributed by atoms with E-state index in [2.05, 4.69) is 0 Å². The first-order valence-electron chi connectivity index (χ1n) is 2.98. The summed E-state index contributed by atoms with van der Waals surface area (Å²) in [5.74, 6) is -2.78. The van der Waals surface area contributed by atoms with Crippen molar-refractivity contribution in [1.82, 2.24) is 6.15 Å². The number of aliphatic hydroxyl groups excluding tert-OH is 1. The highest BCUT2D eigenvalue weighted by Crippen LogP contribution is 2.07. The Morgan fingerprint density at radius 1 is 1.38 bits per heavy atom. The maximum Gasteiger partial charge on any atom is 0.343 e. The molecule has 80 valence electrons. The molecule has 0 rings (SSSR count). The van der Waals surface area contributed by atoms with Crippen molar-refractivity contribution in [3.05, 3.63) is 0 Å². The summed E-state index contributed by atoms with van der Waals surface area (Å²) in [6.45, 7) is 1.92. The first-order chi connectivity index (χ1) is 4.80. The van der Waals surface area contributed by atoms with Crippen molar-refractivity contribution in [2.24, 2.45) is 0 Å². The Morgan fingerprint density at radius 3 is 1.77 bits per heavy atom. The molecule has 7 nitrogen and oxygen atoms in total. The van der Waals surface area contributed by atoms with Gasteiger partial charge in [0, 0.05) is 0 Å². The van der Waals surface area contributed by atoms with Crippen molar-refractivity contribution in [3.63, 3.8) is 0 Å². The van der Waals surface area contributed by atoms with Crippen molar-refractivity contribution >= 4 is 11.8 Å². The van der Waals surface area contributed by atoms with Crippen molar-refractivity contribution in [2.45, 2.75) is 25.6 Å². The number of rotatable bonds is 3. The zero-order chi connectivity index (χ0) is 9.23. The van der Waals surface area contributed by atoms with Gasteiger partial charge in [-0.25, -0.2) is 4.79 Å². The van der Waals surface area contributed by atoms with E-state index in [0.717, 1.165) is 13.8 Å². The first-order valence-corrected chi connectivity index (χ1v) is 2.98. The van der Waals surface area contributed by atoms with Gasteiger partial charge in [-0.1, -0.05) is 0 Å². The third kappa shape index (κ3) is 3.95. The molecule has 0 heterocycles. The minimum absolute atomic E-state index is 0. The average Bonchev–Trinajstić information content (AvgIpc) is 1.85. The van der Waals surface area contributed by atoms with Gasteiger partial charge in [0.15, 0.2) is 0 Å². The molecule has 13 heavy (non-hydrogen) atoms. The maximum atomic E-state index is 10.7. The van der Waals surface area contributed by atoms with Crippen LogP contribution < -0.4 is 6.15 Å². The molecule has 0 saturated heterocycles. The zero-order valence-corrected chi connectivity index (χ0v) is 7.44. The second kappa shape index (κ2) is 5.60. The molecule has 8 N–H and O–H groups in total. The third-order valence-electron chi connectivity index (χ3n) is 1.28. The fourth-order valence-electron chi connectivity index (χ4n) is 0.512. The fraction of sp³-hybridized carbons (Fsp3) is 0.667. The monoisotopic (exact) mass is 197 g/mol. The van der Waals surface area contributed by atoms with E-state index in [-0.39, 0.29) is 11.6 Å². The Bertz CT molecular complexity index is 188. The molecule has 0 radical (unpaired) electrons. The van der Waals surface area contributed by atoms with Gasteiger partial charge in [0.2, 0.25) is 11.4 Å². The van der Waals surface area contributed by atoms with Gasteiger partial charge < -0.3 is 26.9 Å². The van der Waals surface area contributed by atoms with Crippen LogP contribution in [0.3, 0.4) is 0 Å². The molecule has 2 unspecified atom stereocenters. The van der Waals surface area contributed by atoms with Crippen LogP contribution in [0.25, 0.3) is 0 Å². The standard InChI is InChI=1S/C6H10O5.H3N.H2O/c1-3(7)4(8)6(2,11)5(9)10;;/h3,7,11H,1-2H3,(H,9,10);1H3;1H2. The molecule has 0 spiro atoms. The smallest absolute Gasteiger partial charge is 0.343 e. The van der Waals surface area contributed by atoms with Gasteiger partial charge in [-0.15, -0.1) is 0 Å². The highest BCUT2D eigenvalue weighted by Gasteiger charge is 2.40. The summed E-state index contributed by atoms with van der Waals surface area (Å²) in [6, 6.07) is 0. The number of hydrogen-bond donors (Lipinski definition) is 4. The van der Waals surface area contributed by atoms with Crippen LogP contribution in [0.4, 0.5) is 0 Å². The van der Waals surface area contributed by atoms with Crippen LogP contribution in [-0.4, -0.2) is 44.3 Å². The molecule has 0 aromatic rings. The molecule has 0 amide bonds. The molecular weight excluding hydrogens is 182 g/mol. The molecule has 0 fully saturated rings. The molecule has 2 atom stereocenters. The van der Waals surface area contributed by atoms with Crippen LogP contribution in [0.1, 0.15) is 13.8 Å². The summed E-state index contributed by atoms with van der Waals surface area (Å²) in [5.41, 5.74) is -2.49. The van der Waals surface area contributed by atoms with Crippen LogP contribution in [0, 0.1) is 0 Å². The van der Waals surface area contributed by atoms with Gasteiger partial charge in [0.05, 0.1) is 0 Å². The Balaban J connectivity index is -0.000000500. The van der Waals surface area contributed by atoms with Gasteiger partial charge in [-0.2, -0.15) is 0 Å². The van der Waals surface area contributed by atoms with Crippen LogP contribution >= 0.6 is 0 Å². The van der Waals surface area contributed by atoms with Gasteiger partial charge in [0.25, 0.3) is 0 Å². The number of Topliss-reactive ketones (excluding diaryl/α,β-unsaturated/α-hetero) is 1. The van der Waals surface area contributed by atoms with Crippen LogP contribution in [-0.2, 0) is 9.59 Å². The third-order valence-corrected chi connectivity index (χ3v) is 1.28. The lowest BCUT2D eigenvalue weighted by Gasteiger charge is -2.17. The largest absolute Gasteiger partial charge is 0.479 e. The average molecular weight is 197 g/mol. The number of carboxylic acids is 1. The lowest BCUT2D eigenvalue weighted by molar-refractivity contribution is -0.166. The fourth-order valence-corrected chi connectivity index (χ4v) is 0.512. The minimum atomic E-state index is -2.49. The van der Waals surface area contributed by atoms with Gasteiger partial charge in [0.1, 0.15) is 6.10 Å². The Hall–Kier alpha value is -1.02. The van der Waals surface area contributed by atoms with Crippen molar-refractivity contribution in [1.29, 1.82) is 0 Å². The second-order valence-electron chi connectivity index (χ2n) is 2.42. The Kier molecular flexibility index (Phi) is 7.71. The lowest BCUT2D eigenvalue weighted by Crippen LogP contribution is -2.48. The second-order valence-corrected chi connectivity index (χ2v) is 2.42. The summed E-state index contributed by atoms with van der Waals surface area (Å²) in [7, 11) is 0. The summed E-state index contributed by atoms with van der Waals surface area (Å²) in [5, 5.41) is 25.8. The SMILES string of the molecule is CC(O)C(=O)C(C)(O)C(=O)O.N.O. The van der Waals surface area contributed by atoms with E-state index in [9.17, 15) is 9.59 Å². The molecule has 0 aromatic heterocycles. The zero-order valence-electron chi connectivity index (χ0n) is 7.44. The highest BCUT2D eigenvalue weighted by molar-refractivity contribution is 6.07. The Morgan fingerprint density at radius 2 is 1.69 bits per heavy atom. The maximum absolute atomic E-state index is 10.7. The number of carbonyl (C=O) groups excluding carboxylic acids is 1. The molecule has 0 bridgehead atoms. The van der Waals surface area contributed by atoms with E-state index in [1.54, 1.807) is 0 Å². The first kappa shape index (κ1) is 17.9. The lowest BCUT2D eigenvalue weighted by atomic mass is 9.98. The quantitative estimate of drug-likeness (QED) is 0.386. The predicted molar refractivity (Wildman–Crippen MR) is 43.6 cm³/mol. The van der Waals surface area contributed by atoms with E-state index < -0.39 is 23.5 Å². The van der Waals surface area contributed by atoms with E-state index in [4.69, 9.17) is 15.3 Å². The number of carboxylic acid groups (broad SMARTS) is 1. The van der Waals surface area contributed by atoms with E-state index in [0.29, 0.717) is 0 Å². The van der Waals surface area contributed by atoms with Gasteiger partial charge in [-0.05, 0) is 13.8 Å². The Labute approximate surface area is 74.9 Å². The molecule has 0 aliphatic carbocycles. The molecule has 0 aliphatic rings. The minimum Gasteiger partial charge on any atom is -0.479 e. The highest BCUT2D eigenvalue weighted by atomic mass is 16.4. The van der Waals surface area contributed by atoms with Crippen molar-refractivity contribution < 1.29 is 30.4 Å². The summed E-state index contributed by atoms with van der Waals surface area (Å²) < 4.78 is 0. The molecule has 0 saturated carbocycles. The predicted octanol–water partition coefficient (Wildman–Crippen LogP) is -1.89. The number of carbonyl (C=O) groups is 2. The summed E-state index contributed by atoms with van der Waals surface area (Å²) >= 11 is 0. The van der Waals surface area contributed by atoms with Crippen LogP contribution in [0.2, 0.25) is 0 Å². The molecule has 0 aliphatic heterocycles. The van der Waals surface area contributed by atoms with Gasteiger partial charge >= 0.3 is 5.97 Å². The molecule has 7 heteroatoms. The normalized spacial score (nSPS) is 15.7.